The van der Waals surface area contributed by atoms with Crippen molar-refractivity contribution in [2.45, 2.75) is 30.8 Å². The first-order valence-electron chi connectivity index (χ1n) is 8.92. The summed E-state index contributed by atoms with van der Waals surface area (Å²) in [5.74, 6) is 0.686. The van der Waals surface area contributed by atoms with Gasteiger partial charge in [0.25, 0.3) is 0 Å². The molecule has 1 aliphatic rings. The first-order valence-corrected chi connectivity index (χ1v) is 10.1. The van der Waals surface area contributed by atoms with Crippen molar-refractivity contribution in [2.75, 3.05) is 12.3 Å². The molecular formula is C18H21N4O6P. The maximum absolute atomic E-state index is 12.1. The van der Waals surface area contributed by atoms with E-state index >= 15 is 0 Å². The van der Waals surface area contributed by atoms with E-state index in [9.17, 15) is 14.8 Å². The quantitative estimate of drug-likeness (QED) is 0.500. The van der Waals surface area contributed by atoms with Crippen LogP contribution >= 0.6 is 8.25 Å². The second-order valence-corrected chi connectivity index (χ2v) is 7.83. The number of aliphatic hydroxyl groups excluding tert-OH is 2. The Labute approximate surface area is 166 Å². The summed E-state index contributed by atoms with van der Waals surface area (Å²) in [6, 6.07) is 12.0. The smallest absolute Gasteiger partial charge is 0.367 e. The zero-order valence-corrected chi connectivity index (χ0v) is 16.5. The van der Waals surface area contributed by atoms with Gasteiger partial charge in [0.1, 0.15) is 41.5 Å². The lowest BCUT2D eigenvalue weighted by Crippen LogP contribution is -2.39. The summed E-state index contributed by atoms with van der Waals surface area (Å²) in [6.07, 6.45) is -2.17. The van der Waals surface area contributed by atoms with Crippen molar-refractivity contribution >= 4 is 19.6 Å². The molecule has 1 saturated heterocycles. The van der Waals surface area contributed by atoms with Gasteiger partial charge < -0.3 is 25.2 Å². The summed E-state index contributed by atoms with van der Waals surface area (Å²) in [6.45, 7) is 1.41. The largest absolute Gasteiger partial charge is 0.426 e. The van der Waals surface area contributed by atoms with Gasteiger partial charge in [0, 0.05) is 0 Å². The molecule has 29 heavy (non-hydrogen) atoms. The molecule has 0 bridgehead atoms. The standard InChI is InChI=1S/C18H21N4O6P/c1-18(14-8-7-12-17(19)20-10-21-22(12)14)16(24)15(23)13(27-18)9-26-29(25)28-11-5-3-2-4-6-11/h2-8,10,13,15-16,23-24,29H,9H2,1H3,(H2,19,20,21)/t13?,15-,16-,18+/m1/s1. The van der Waals surface area contributed by atoms with E-state index < -0.39 is 32.2 Å². The fraction of sp³-hybridized carbons (Fsp3) is 0.333. The number of nitrogen functional groups attached to an aromatic ring is 1. The first-order chi connectivity index (χ1) is 13.9. The van der Waals surface area contributed by atoms with Crippen LogP contribution in [0.1, 0.15) is 12.6 Å². The number of nitrogens with zero attached hydrogens (tertiary/aromatic N) is 3. The van der Waals surface area contributed by atoms with Crippen LogP contribution in [0.2, 0.25) is 0 Å². The Kier molecular flexibility index (Phi) is 5.28. The van der Waals surface area contributed by atoms with Gasteiger partial charge in [-0.25, -0.2) is 14.1 Å². The summed E-state index contributed by atoms with van der Waals surface area (Å²) < 4.78 is 30.0. The van der Waals surface area contributed by atoms with Crippen molar-refractivity contribution in [3.8, 4) is 5.75 Å². The lowest BCUT2D eigenvalue weighted by atomic mass is 9.93. The van der Waals surface area contributed by atoms with Crippen LogP contribution in [-0.2, 0) is 19.4 Å². The molecule has 1 aliphatic heterocycles. The van der Waals surface area contributed by atoms with E-state index in [1.807, 2.05) is 0 Å². The number of nitrogens with two attached hydrogens (primary N) is 1. The molecule has 3 heterocycles. The first kappa shape index (κ1) is 19.8. The second kappa shape index (κ2) is 7.74. The van der Waals surface area contributed by atoms with Crippen molar-refractivity contribution in [1.29, 1.82) is 0 Å². The SMILES string of the molecule is C[C@@]1(c2ccc3c(N)ncnn23)OC(CO[PH](=O)Oc2ccccc2)[C@@H](O)[C@H]1O. The molecule has 1 fully saturated rings. The molecule has 0 radical (unpaired) electrons. The van der Waals surface area contributed by atoms with E-state index in [-0.39, 0.29) is 12.4 Å². The van der Waals surface area contributed by atoms with Crippen LogP contribution in [0.5, 0.6) is 5.75 Å². The highest BCUT2D eigenvalue weighted by Crippen LogP contribution is 2.41. The van der Waals surface area contributed by atoms with Gasteiger partial charge in [-0.05, 0) is 31.2 Å². The number of aliphatic hydroxyl groups is 2. The molecule has 2 unspecified atom stereocenters. The van der Waals surface area contributed by atoms with Gasteiger partial charge in [-0.1, -0.05) is 18.2 Å². The Morgan fingerprint density at radius 1 is 1.28 bits per heavy atom. The molecule has 2 aromatic heterocycles. The van der Waals surface area contributed by atoms with E-state index in [4.69, 9.17) is 19.5 Å². The Morgan fingerprint density at radius 3 is 2.79 bits per heavy atom. The van der Waals surface area contributed by atoms with E-state index in [1.54, 1.807) is 49.4 Å². The third-order valence-electron chi connectivity index (χ3n) is 4.97. The highest BCUT2D eigenvalue weighted by Gasteiger charge is 2.53. The third kappa shape index (κ3) is 3.61. The van der Waals surface area contributed by atoms with Gasteiger partial charge in [-0.3, -0.25) is 4.52 Å². The van der Waals surface area contributed by atoms with Gasteiger partial charge in [0.15, 0.2) is 5.82 Å². The highest BCUT2D eigenvalue weighted by molar-refractivity contribution is 7.33. The summed E-state index contributed by atoms with van der Waals surface area (Å²) in [7, 11) is -2.86. The van der Waals surface area contributed by atoms with Gasteiger partial charge in [0.2, 0.25) is 0 Å². The molecule has 1 aromatic carbocycles. The Balaban J connectivity index is 1.48. The fourth-order valence-corrected chi connectivity index (χ4v) is 4.11. The normalized spacial score (nSPS) is 27.9. The molecule has 3 aromatic rings. The minimum absolute atomic E-state index is 0.223. The van der Waals surface area contributed by atoms with Gasteiger partial charge in [-0.2, -0.15) is 5.10 Å². The number of hydrogen-bond donors (Lipinski definition) is 3. The molecule has 0 amide bonds. The molecule has 11 heteroatoms. The number of ether oxygens (including phenoxy) is 1. The van der Waals surface area contributed by atoms with E-state index in [0.29, 0.717) is 17.0 Å². The number of fused-ring (bicyclic) bond motifs is 1. The van der Waals surface area contributed by atoms with Crippen LogP contribution in [0.25, 0.3) is 5.52 Å². The second-order valence-electron chi connectivity index (χ2n) is 6.84. The van der Waals surface area contributed by atoms with Gasteiger partial charge >= 0.3 is 8.25 Å². The molecule has 4 N–H and O–H groups in total. The molecule has 4 rings (SSSR count). The van der Waals surface area contributed by atoms with Crippen LogP contribution in [-0.4, -0.2) is 49.7 Å². The van der Waals surface area contributed by atoms with Crippen LogP contribution in [0.15, 0.2) is 48.8 Å². The molecule has 5 atom stereocenters. The van der Waals surface area contributed by atoms with Crippen LogP contribution in [0.4, 0.5) is 5.82 Å². The fourth-order valence-electron chi connectivity index (χ4n) is 3.42. The maximum atomic E-state index is 12.1. The number of benzene rings is 1. The molecular weight excluding hydrogens is 399 g/mol. The molecule has 0 aliphatic carbocycles. The number of aromatic nitrogens is 3. The van der Waals surface area contributed by atoms with Crippen LogP contribution < -0.4 is 10.3 Å². The monoisotopic (exact) mass is 420 g/mol. The number of hydrogen-bond acceptors (Lipinski definition) is 9. The number of para-hydroxylation sites is 1. The lowest BCUT2D eigenvalue weighted by molar-refractivity contribution is -0.0867. The van der Waals surface area contributed by atoms with Crippen molar-refractivity contribution in [3.05, 3.63) is 54.5 Å². The Hall–Kier alpha value is -2.49. The number of anilines is 1. The minimum atomic E-state index is -2.86. The third-order valence-corrected chi connectivity index (χ3v) is 5.77. The summed E-state index contributed by atoms with van der Waals surface area (Å²) in [5.41, 5.74) is 5.60. The van der Waals surface area contributed by atoms with Gasteiger partial charge in [0.05, 0.1) is 12.3 Å². The number of rotatable bonds is 6. The molecule has 10 nitrogen and oxygen atoms in total. The van der Waals surface area contributed by atoms with E-state index in [1.165, 1.54) is 10.8 Å². The highest BCUT2D eigenvalue weighted by atomic mass is 31.1. The topological polar surface area (TPSA) is 141 Å². The summed E-state index contributed by atoms with van der Waals surface area (Å²) in [5, 5.41) is 25.3. The zero-order chi connectivity index (χ0) is 20.6. The lowest BCUT2D eigenvalue weighted by Gasteiger charge is -2.27. The van der Waals surface area contributed by atoms with E-state index in [2.05, 4.69) is 10.1 Å². The molecule has 0 saturated carbocycles. The van der Waals surface area contributed by atoms with Crippen LogP contribution in [0.3, 0.4) is 0 Å². The Bertz CT molecular complexity index is 1030. The van der Waals surface area contributed by atoms with E-state index in [0.717, 1.165) is 0 Å². The van der Waals surface area contributed by atoms with Crippen LogP contribution in [0, 0.1) is 0 Å². The average molecular weight is 420 g/mol. The molecule has 154 valence electrons. The molecule has 0 spiro atoms. The maximum Gasteiger partial charge on any atom is 0.367 e. The van der Waals surface area contributed by atoms with Gasteiger partial charge in [-0.15, -0.1) is 0 Å². The minimum Gasteiger partial charge on any atom is -0.426 e. The summed E-state index contributed by atoms with van der Waals surface area (Å²) >= 11 is 0. The average Bonchev–Trinajstić information content (AvgIpc) is 3.24. The summed E-state index contributed by atoms with van der Waals surface area (Å²) in [4.78, 5) is 3.93. The van der Waals surface area contributed by atoms with Crippen molar-refractivity contribution < 1.29 is 28.6 Å². The Morgan fingerprint density at radius 2 is 2.03 bits per heavy atom. The van der Waals surface area contributed by atoms with Crippen molar-refractivity contribution in [1.82, 2.24) is 14.6 Å². The predicted molar refractivity (Wildman–Crippen MR) is 104 cm³/mol. The van der Waals surface area contributed by atoms with Crippen molar-refractivity contribution in [3.63, 3.8) is 0 Å². The predicted octanol–water partition coefficient (Wildman–Crippen LogP) is 1.13. The zero-order valence-electron chi connectivity index (χ0n) is 15.5. The van der Waals surface area contributed by atoms with Crippen molar-refractivity contribution in [2.24, 2.45) is 0 Å².